The van der Waals surface area contributed by atoms with Gasteiger partial charge in [0.1, 0.15) is 11.6 Å². The molecule has 2 aromatic carbocycles. The smallest absolute Gasteiger partial charge is 0.145 e. The maximum atomic E-state index is 15.0. The van der Waals surface area contributed by atoms with Crippen molar-refractivity contribution in [2.24, 2.45) is 5.92 Å². The molecule has 1 aliphatic heterocycles. The average molecular weight is 394 g/mol. The third-order valence-electron chi connectivity index (χ3n) is 5.80. The highest BCUT2D eigenvalue weighted by Gasteiger charge is 2.48. The first-order chi connectivity index (χ1) is 12.3. The number of carbonyl (C=O) groups excluding carboxylic acids is 1. The quantitative estimate of drug-likeness (QED) is 0.653. The van der Waals surface area contributed by atoms with Crippen molar-refractivity contribution >= 4 is 34.7 Å². The predicted octanol–water partition coefficient (Wildman–Crippen LogP) is 6.21. The van der Waals surface area contributed by atoms with E-state index in [0.717, 1.165) is 17.7 Å². The van der Waals surface area contributed by atoms with Crippen LogP contribution in [0.5, 0.6) is 0 Å². The van der Waals surface area contributed by atoms with Crippen LogP contribution < -0.4 is 5.32 Å². The Morgan fingerprint density at radius 3 is 2.69 bits per heavy atom. The van der Waals surface area contributed by atoms with E-state index < -0.39 is 11.2 Å². The molecule has 5 heteroatoms. The number of hydrogen-bond donors (Lipinski definition) is 1. The van der Waals surface area contributed by atoms with Crippen LogP contribution in [0.25, 0.3) is 0 Å². The number of nitrogens with one attached hydrogen (secondary N) is 1. The molecule has 0 saturated carbocycles. The van der Waals surface area contributed by atoms with E-state index in [4.69, 9.17) is 23.2 Å². The van der Waals surface area contributed by atoms with Crippen LogP contribution in [-0.2, 0) is 10.2 Å². The van der Waals surface area contributed by atoms with E-state index in [2.05, 4.69) is 12.2 Å². The van der Waals surface area contributed by atoms with E-state index in [-0.39, 0.29) is 22.6 Å². The lowest BCUT2D eigenvalue weighted by molar-refractivity contribution is -0.121. The summed E-state index contributed by atoms with van der Waals surface area (Å²) in [5, 5.41) is 4.14. The molecule has 26 heavy (non-hydrogen) atoms. The maximum Gasteiger partial charge on any atom is 0.145 e. The molecule has 0 fully saturated rings. The second kappa shape index (κ2) is 7.21. The highest BCUT2D eigenvalue weighted by molar-refractivity contribution is 6.31. The van der Waals surface area contributed by atoms with Crippen LogP contribution in [0, 0.1) is 11.7 Å². The monoisotopic (exact) mass is 393 g/mol. The normalized spacial score (nSPS) is 21.0. The van der Waals surface area contributed by atoms with Crippen LogP contribution in [0.4, 0.5) is 10.1 Å². The molecule has 1 heterocycles. The zero-order chi connectivity index (χ0) is 19.1. The minimum Gasteiger partial charge on any atom is -0.384 e. The van der Waals surface area contributed by atoms with Gasteiger partial charge in [-0.1, -0.05) is 55.2 Å². The van der Waals surface area contributed by atoms with Gasteiger partial charge in [-0.15, -0.1) is 0 Å². The minimum absolute atomic E-state index is 0.0321. The van der Waals surface area contributed by atoms with Gasteiger partial charge in [0.25, 0.3) is 0 Å². The van der Waals surface area contributed by atoms with Crippen molar-refractivity contribution in [3.63, 3.8) is 0 Å². The van der Waals surface area contributed by atoms with Gasteiger partial charge in [-0.2, -0.15) is 0 Å². The van der Waals surface area contributed by atoms with E-state index >= 15 is 0 Å². The number of halogens is 3. The molecule has 1 aliphatic rings. The van der Waals surface area contributed by atoms with Gasteiger partial charge in [0, 0.05) is 34.5 Å². The third-order valence-corrected chi connectivity index (χ3v) is 6.32. The zero-order valence-corrected chi connectivity index (χ0v) is 16.6. The topological polar surface area (TPSA) is 29.1 Å². The first-order valence-electron chi connectivity index (χ1n) is 8.80. The largest absolute Gasteiger partial charge is 0.384 e. The molecule has 3 atom stereocenters. The molecule has 3 rings (SSSR count). The highest BCUT2D eigenvalue weighted by atomic mass is 35.5. The predicted molar refractivity (Wildman–Crippen MR) is 106 cm³/mol. The van der Waals surface area contributed by atoms with Crippen LogP contribution in [0.15, 0.2) is 36.4 Å². The fourth-order valence-corrected chi connectivity index (χ4v) is 4.65. The summed E-state index contributed by atoms with van der Waals surface area (Å²) in [5.41, 5.74) is 2.09. The Bertz CT molecular complexity index is 854. The Labute approximate surface area is 163 Å². The number of rotatable bonds is 5. The van der Waals surface area contributed by atoms with Crippen LogP contribution >= 0.6 is 23.2 Å². The summed E-state index contributed by atoms with van der Waals surface area (Å²) in [5.74, 6) is -1.10. The fraction of sp³-hybridized carbons (Fsp3) is 0.381. The van der Waals surface area contributed by atoms with Gasteiger partial charge in [-0.25, -0.2) is 4.39 Å². The second-order valence-electron chi connectivity index (χ2n) is 7.07. The van der Waals surface area contributed by atoms with Crippen molar-refractivity contribution in [1.82, 2.24) is 0 Å². The molecule has 2 nitrogen and oxygen atoms in total. The number of anilines is 1. The Morgan fingerprint density at radius 1 is 1.31 bits per heavy atom. The Kier molecular flexibility index (Phi) is 5.32. The number of ketones is 1. The molecule has 0 aromatic heterocycles. The Hall–Kier alpha value is -1.58. The SMILES string of the molecule is CCC1(C(c2cccc(Cl)c2F)C(C)C(C)=O)CNc2cc(Cl)ccc21. The first-order valence-corrected chi connectivity index (χ1v) is 9.55. The number of hydrogen-bond acceptors (Lipinski definition) is 2. The minimum atomic E-state index is -0.442. The highest BCUT2D eigenvalue weighted by Crippen LogP contribution is 2.53. The van der Waals surface area contributed by atoms with Gasteiger partial charge in [0.15, 0.2) is 0 Å². The molecule has 0 aliphatic carbocycles. The van der Waals surface area contributed by atoms with Gasteiger partial charge < -0.3 is 5.32 Å². The van der Waals surface area contributed by atoms with Crippen LogP contribution in [0.3, 0.4) is 0 Å². The van der Waals surface area contributed by atoms with Crippen molar-refractivity contribution in [3.05, 3.63) is 63.4 Å². The summed E-state index contributed by atoms with van der Waals surface area (Å²) in [6.45, 7) is 6.13. The molecule has 2 aromatic rings. The second-order valence-corrected chi connectivity index (χ2v) is 7.92. The van der Waals surface area contributed by atoms with Crippen LogP contribution in [0.2, 0.25) is 10.0 Å². The first kappa shape index (κ1) is 19.2. The van der Waals surface area contributed by atoms with Gasteiger partial charge in [0.05, 0.1) is 5.02 Å². The van der Waals surface area contributed by atoms with Crippen molar-refractivity contribution in [2.45, 2.75) is 38.5 Å². The number of fused-ring (bicyclic) bond motifs is 1. The van der Waals surface area contributed by atoms with Crippen LogP contribution in [0.1, 0.15) is 44.2 Å². The molecular weight excluding hydrogens is 372 g/mol. The van der Waals surface area contributed by atoms with Crippen molar-refractivity contribution in [2.75, 3.05) is 11.9 Å². The van der Waals surface area contributed by atoms with Crippen molar-refractivity contribution in [3.8, 4) is 0 Å². The summed E-state index contributed by atoms with van der Waals surface area (Å²) in [6, 6.07) is 10.8. The number of carbonyl (C=O) groups is 1. The number of Topliss-reactive ketones (excluding diaryl/α,β-unsaturated/α-hetero) is 1. The zero-order valence-electron chi connectivity index (χ0n) is 15.1. The molecule has 138 valence electrons. The average Bonchev–Trinajstić information content (AvgIpc) is 2.97. The fourth-order valence-electron chi connectivity index (χ4n) is 4.30. The molecule has 0 radical (unpaired) electrons. The van der Waals surface area contributed by atoms with Crippen molar-refractivity contribution in [1.29, 1.82) is 0 Å². The molecule has 3 unspecified atom stereocenters. The van der Waals surface area contributed by atoms with Gasteiger partial charge >= 0.3 is 0 Å². The van der Waals surface area contributed by atoms with Gasteiger partial charge in [0.2, 0.25) is 0 Å². The van der Waals surface area contributed by atoms with E-state index in [9.17, 15) is 9.18 Å². The molecule has 0 bridgehead atoms. The number of benzene rings is 2. The van der Waals surface area contributed by atoms with E-state index in [0.29, 0.717) is 17.1 Å². The standard InChI is InChI=1S/C21H22Cl2FNO/c1-4-21(11-25-18-10-14(22)8-9-16(18)21)19(12(2)13(3)26)15-6-5-7-17(23)20(15)24/h5-10,12,19,25H,4,11H2,1-3H3. The molecule has 0 saturated heterocycles. The van der Waals surface area contributed by atoms with Crippen LogP contribution in [-0.4, -0.2) is 12.3 Å². The lowest BCUT2D eigenvalue weighted by atomic mass is 9.62. The summed E-state index contributed by atoms with van der Waals surface area (Å²) < 4.78 is 15.0. The summed E-state index contributed by atoms with van der Waals surface area (Å²) in [6.07, 6.45) is 0.753. The van der Waals surface area contributed by atoms with E-state index in [1.807, 2.05) is 25.1 Å². The Balaban J connectivity index is 2.25. The van der Waals surface area contributed by atoms with Gasteiger partial charge in [-0.3, -0.25) is 4.79 Å². The Morgan fingerprint density at radius 2 is 2.04 bits per heavy atom. The summed E-state index contributed by atoms with van der Waals surface area (Å²) in [7, 11) is 0. The molecule has 0 spiro atoms. The molecule has 1 N–H and O–H groups in total. The maximum absolute atomic E-state index is 15.0. The summed E-state index contributed by atoms with van der Waals surface area (Å²) >= 11 is 12.2. The van der Waals surface area contributed by atoms with Crippen molar-refractivity contribution < 1.29 is 9.18 Å². The van der Waals surface area contributed by atoms with Gasteiger partial charge in [-0.05, 0) is 42.7 Å². The van der Waals surface area contributed by atoms with E-state index in [1.165, 1.54) is 6.07 Å². The summed E-state index contributed by atoms with van der Waals surface area (Å²) in [4.78, 5) is 12.3. The lowest BCUT2D eigenvalue weighted by Gasteiger charge is -2.40. The molecule has 0 amide bonds. The molecular formula is C21H22Cl2FNO. The lowest BCUT2D eigenvalue weighted by Crippen LogP contribution is -2.40. The van der Waals surface area contributed by atoms with E-state index in [1.54, 1.807) is 19.1 Å². The third kappa shape index (κ3) is 3.01.